The van der Waals surface area contributed by atoms with Crippen molar-refractivity contribution in [3.8, 4) is 0 Å². The molecule has 1 amide bonds. The molecule has 1 rings (SSSR count). The fourth-order valence-corrected chi connectivity index (χ4v) is 1.84. The van der Waals surface area contributed by atoms with Crippen LogP contribution in [0.3, 0.4) is 0 Å². The van der Waals surface area contributed by atoms with Crippen molar-refractivity contribution in [1.29, 1.82) is 0 Å². The van der Waals surface area contributed by atoms with Gasteiger partial charge in [0.1, 0.15) is 0 Å². The van der Waals surface area contributed by atoms with E-state index in [0.29, 0.717) is 5.56 Å². The number of hydrogen-bond donors (Lipinski definition) is 1. The molecule has 0 aromatic heterocycles. The Morgan fingerprint density at radius 3 is 2.33 bits per heavy atom. The number of aryl methyl sites for hydroxylation is 1. The normalized spacial score (nSPS) is 11.5. The predicted molar refractivity (Wildman–Crippen MR) is 52.4 cm³/mol. The number of carbonyl (C=O) groups is 1. The van der Waals surface area contributed by atoms with E-state index >= 15 is 0 Å². The Hall–Kier alpha value is -1.04. The molecule has 0 aliphatic carbocycles. The highest BCUT2D eigenvalue weighted by Gasteiger charge is 2.33. The number of halogens is 4. The van der Waals surface area contributed by atoms with Gasteiger partial charge in [-0.15, -0.1) is 0 Å². The van der Waals surface area contributed by atoms with Crippen LogP contribution in [0, 0.1) is 6.92 Å². The zero-order valence-corrected chi connectivity index (χ0v) is 9.24. The maximum atomic E-state index is 12.4. The van der Waals surface area contributed by atoms with Crippen LogP contribution in [0.2, 0.25) is 0 Å². The molecule has 0 spiro atoms. The highest BCUT2D eigenvalue weighted by Crippen LogP contribution is 2.36. The summed E-state index contributed by atoms with van der Waals surface area (Å²) in [5.41, 5.74) is 4.34. The summed E-state index contributed by atoms with van der Waals surface area (Å²) in [6, 6.07) is 1.98. The molecular formula is C9H7BrF3NO. The first kappa shape index (κ1) is 12.0. The van der Waals surface area contributed by atoms with Crippen molar-refractivity contribution in [2.45, 2.75) is 13.1 Å². The van der Waals surface area contributed by atoms with Crippen LogP contribution < -0.4 is 5.73 Å². The Labute approximate surface area is 92.4 Å². The van der Waals surface area contributed by atoms with Crippen molar-refractivity contribution in [3.05, 3.63) is 33.3 Å². The SMILES string of the molecule is Cc1cc(Br)c(C(F)(F)F)cc1C(N)=O. The van der Waals surface area contributed by atoms with Crippen LogP contribution in [-0.4, -0.2) is 5.91 Å². The zero-order valence-electron chi connectivity index (χ0n) is 7.65. The molecular weight excluding hydrogens is 275 g/mol. The van der Waals surface area contributed by atoms with Gasteiger partial charge >= 0.3 is 6.18 Å². The Balaban J connectivity index is 3.43. The molecule has 0 heterocycles. The second-order valence-corrected chi connectivity index (χ2v) is 3.86. The van der Waals surface area contributed by atoms with Crippen LogP contribution in [0.15, 0.2) is 16.6 Å². The first-order valence-electron chi connectivity index (χ1n) is 3.90. The van der Waals surface area contributed by atoms with Crippen LogP contribution in [0.4, 0.5) is 13.2 Å². The molecule has 15 heavy (non-hydrogen) atoms. The van der Waals surface area contributed by atoms with Gasteiger partial charge in [0.25, 0.3) is 0 Å². The quantitative estimate of drug-likeness (QED) is 0.845. The molecule has 2 nitrogen and oxygen atoms in total. The van der Waals surface area contributed by atoms with Crippen molar-refractivity contribution >= 4 is 21.8 Å². The summed E-state index contributed by atoms with van der Waals surface area (Å²) in [6.45, 7) is 1.52. The van der Waals surface area contributed by atoms with Crippen molar-refractivity contribution in [3.63, 3.8) is 0 Å². The van der Waals surface area contributed by atoms with E-state index in [9.17, 15) is 18.0 Å². The van der Waals surface area contributed by atoms with Gasteiger partial charge in [-0.1, -0.05) is 15.9 Å². The number of benzene rings is 1. The number of amides is 1. The molecule has 0 radical (unpaired) electrons. The molecule has 1 aromatic carbocycles. The lowest BCUT2D eigenvalue weighted by atomic mass is 10.0. The van der Waals surface area contributed by atoms with Gasteiger partial charge in [0.15, 0.2) is 0 Å². The third-order valence-corrected chi connectivity index (χ3v) is 2.54. The molecule has 0 bridgehead atoms. The summed E-state index contributed by atoms with van der Waals surface area (Å²) in [6.07, 6.45) is -4.50. The minimum atomic E-state index is -4.50. The van der Waals surface area contributed by atoms with E-state index in [1.54, 1.807) is 0 Å². The van der Waals surface area contributed by atoms with Crippen LogP contribution in [0.1, 0.15) is 21.5 Å². The highest BCUT2D eigenvalue weighted by molar-refractivity contribution is 9.10. The van der Waals surface area contributed by atoms with Crippen molar-refractivity contribution in [2.75, 3.05) is 0 Å². The van der Waals surface area contributed by atoms with E-state index < -0.39 is 17.6 Å². The lowest BCUT2D eigenvalue weighted by Crippen LogP contribution is -2.15. The Kier molecular flexibility index (Phi) is 3.08. The fourth-order valence-electron chi connectivity index (χ4n) is 1.16. The third-order valence-electron chi connectivity index (χ3n) is 1.88. The smallest absolute Gasteiger partial charge is 0.366 e. The Morgan fingerprint density at radius 2 is 1.93 bits per heavy atom. The molecule has 0 saturated heterocycles. The summed E-state index contributed by atoms with van der Waals surface area (Å²) in [5, 5.41) is 0. The highest BCUT2D eigenvalue weighted by atomic mass is 79.9. The second-order valence-electron chi connectivity index (χ2n) is 3.01. The largest absolute Gasteiger partial charge is 0.417 e. The van der Waals surface area contributed by atoms with Crippen LogP contribution >= 0.6 is 15.9 Å². The Morgan fingerprint density at radius 1 is 1.40 bits per heavy atom. The number of alkyl halides is 3. The van der Waals surface area contributed by atoms with Crippen LogP contribution in [0.5, 0.6) is 0 Å². The minimum absolute atomic E-state index is 0.0995. The van der Waals surface area contributed by atoms with Crippen molar-refractivity contribution in [1.82, 2.24) is 0 Å². The molecule has 2 N–H and O–H groups in total. The number of carbonyl (C=O) groups excluding carboxylic acids is 1. The van der Waals surface area contributed by atoms with E-state index in [1.165, 1.54) is 13.0 Å². The monoisotopic (exact) mass is 281 g/mol. The fraction of sp³-hybridized carbons (Fsp3) is 0.222. The molecule has 0 unspecified atom stereocenters. The zero-order chi connectivity index (χ0) is 11.8. The topological polar surface area (TPSA) is 43.1 Å². The van der Waals surface area contributed by atoms with E-state index in [4.69, 9.17) is 5.73 Å². The van der Waals surface area contributed by atoms with Crippen LogP contribution in [-0.2, 0) is 6.18 Å². The van der Waals surface area contributed by atoms with E-state index in [-0.39, 0.29) is 10.0 Å². The van der Waals surface area contributed by atoms with Gasteiger partial charge in [-0.25, -0.2) is 0 Å². The van der Waals surface area contributed by atoms with Gasteiger partial charge in [-0.2, -0.15) is 13.2 Å². The summed E-state index contributed by atoms with van der Waals surface area (Å²) >= 11 is 2.79. The average Bonchev–Trinajstić information content (AvgIpc) is 2.00. The first-order valence-corrected chi connectivity index (χ1v) is 4.70. The molecule has 82 valence electrons. The molecule has 0 saturated carbocycles. The second kappa shape index (κ2) is 3.84. The van der Waals surface area contributed by atoms with Gasteiger partial charge in [0.05, 0.1) is 5.56 Å². The van der Waals surface area contributed by atoms with Crippen molar-refractivity contribution < 1.29 is 18.0 Å². The van der Waals surface area contributed by atoms with Crippen molar-refractivity contribution in [2.24, 2.45) is 5.73 Å². The molecule has 1 aromatic rings. The van der Waals surface area contributed by atoms with E-state index in [2.05, 4.69) is 15.9 Å². The van der Waals surface area contributed by atoms with E-state index in [0.717, 1.165) is 6.07 Å². The molecule has 0 atom stereocenters. The number of primary amides is 1. The van der Waals surface area contributed by atoms with E-state index in [1.807, 2.05) is 0 Å². The van der Waals surface area contributed by atoms with Gasteiger partial charge in [-0.3, -0.25) is 4.79 Å². The summed E-state index contributed by atoms with van der Waals surface area (Å²) in [4.78, 5) is 10.9. The van der Waals surface area contributed by atoms with Gasteiger partial charge in [0, 0.05) is 10.0 Å². The molecule has 0 fully saturated rings. The predicted octanol–water partition coefficient (Wildman–Crippen LogP) is 2.88. The van der Waals surface area contributed by atoms with Gasteiger partial charge in [0.2, 0.25) is 5.91 Å². The number of rotatable bonds is 1. The molecule has 6 heteroatoms. The summed E-state index contributed by atoms with van der Waals surface area (Å²) in [5.74, 6) is -0.870. The first-order chi connectivity index (χ1) is 6.73. The number of hydrogen-bond acceptors (Lipinski definition) is 1. The maximum Gasteiger partial charge on any atom is 0.417 e. The summed E-state index contributed by atoms with van der Waals surface area (Å²) < 4.78 is 37.2. The molecule has 0 aliphatic rings. The van der Waals surface area contributed by atoms with Gasteiger partial charge in [-0.05, 0) is 24.6 Å². The summed E-state index contributed by atoms with van der Waals surface area (Å²) in [7, 11) is 0. The lowest BCUT2D eigenvalue weighted by Gasteiger charge is -2.11. The average molecular weight is 282 g/mol. The molecule has 0 aliphatic heterocycles. The lowest BCUT2D eigenvalue weighted by molar-refractivity contribution is -0.138. The standard InChI is InChI=1S/C9H7BrF3NO/c1-4-2-7(10)6(9(11,12)13)3-5(4)8(14)15/h2-3H,1H3,(H2,14,15). The minimum Gasteiger partial charge on any atom is -0.366 e. The Bertz CT molecular complexity index is 415. The third kappa shape index (κ3) is 2.50. The van der Waals surface area contributed by atoms with Crippen LogP contribution in [0.25, 0.3) is 0 Å². The van der Waals surface area contributed by atoms with Gasteiger partial charge < -0.3 is 5.73 Å². The maximum absolute atomic E-state index is 12.4. The number of nitrogens with two attached hydrogens (primary N) is 1.